The molecule has 4 N–H and O–H groups in total. The third-order valence-corrected chi connectivity index (χ3v) is 4.47. The average Bonchev–Trinajstić information content (AvgIpc) is 2.61. The van der Waals surface area contributed by atoms with Gasteiger partial charge in [0.1, 0.15) is 11.5 Å². The molecule has 3 rings (SSSR count). The van der Waals surface area contributed by atoms with E-state index in [1.807, 2.05) is 18.2 Å². The molecule has 0 saturated heterocycles. The number of aryl methyl sites for hydroxylation is 4. The van der Waals surface area contributed by atoms with Crippen LogP contribution in [0, 0.1) is 0 Å². The van der Waals surface area contributed by atoms with Crippen molar-refractivity contribution in [3.05, 3.63) is 82.9 Å². The highest BCUT2D eigenvalue weighted by atomic mass is 16.3. The van der Waals surface area contributed by atoms with Crippen LogP contribution in [0.1, 0.15) is 22.3 Å². The van der Waals surface area contributed by atoms with Gasteiger partial charge < -0.3 is 20.4 Å². The number of aromatic hydroxyl groups is 4. The van der Waals surface area contributed by atoms with E-state index in [9.17, 15) is 20.4 Å². The fourth-order valence-electron chi connectivity index (χ4n) is 3.13. The van der Waals surface area contributed by atoms with E-state index in [1.165, 1.54) is 11.6 Å². The van der Waals surface area contributed by atoms with Gasteiger partial charge in [0, 0.05) is 6.07 Å². The molecule has 0 saturated carbocycles. The Kier molecular flexibility index (Phi) is 5.32. The Morgan fingerprint density at radius 3 is 1.54 bits per heavy atom. The van der Waals surface area contributed by atoms with Crippen LogP contribution < -0.4 is 0 Å². The number of phenols is 4. The van der Waals surface area contributed by atoms with Gasteiger partial charge in [-0.15, -0.1) is 0 Å². The molecule has 0 atom stereocenters. The van der Waals surface area contributed by atoms with E-state index in [0.29, 0.717) is 12.8 Å². The van der Waals surface area contributed by atoms with Crippen molar-refractivity contribution < 1.29 is 20.4 Å². The molecule has 0 aromatic heterocycles. The smallest absolute Gasteiger partial charge is 0.157 e. The van der Waals surface area contributed by atoms with Gasteiger partial charge >= 0.3 is 0 Å². The number of phenolic OH excluding ortho intramolecular Hbond substituents is 4. The second-order valence-electron chi connectivity index (χ2n) is 6.45. The van der Waals surface area contributed by atoms with Gasteiger partial charge in [-0.2, -0.15) is 0 Å². The third-order valence-electron chi connectivity index (χ3n) is 4.47. The van der Waals surface area contributed by atoms with Crippen LogP contribution in [-0.4, -0.2) is 20.4 Å². The van der Waals surface area contributed by atoms with Crippen molar-refractivity contribution in [3.63, 3.8) is 0 Å². The molecule has 0 radical (unpaired) electrons. The van der Waals surface area contributed by atoms with Gasteiger partial charge in [-0.05, 0) is 72.2 Å². The molecule has 0 bridgehead atoms. The van der Waals surface area contributed by atoms with E-state index < -0.39 is 0 Å². The second-order valence-corrected chi connectivity index (χ2v) is 6.45. The topological polar surface area (TPSA) is 80.9 Å². The van der Waals surface area contributed by atoms with E-state index in [2.05, 4.69) is 12.1 Å². The largest absolute Gasteiger partial charge is 0.508 e. The third kappa shape index (κ3) is 4.48. The number of hydrogen-bond donors (Lipinski definition) is 4. The normalized spacial score (nSPS) is 10.8. The van der Waals surface area contributed by atoms with Crippen LogP contribution in [0.25, 0.3) is 0 Å². The highest BCUT2D eigenvalue weighted by molar-refractivity contribution is 5.46. The molecule has 0 aliphatic rings. The van der Waals surface area contributed by atoms with Crippen molar-refractivity contribution in [3.8, 4) is 23.0 Å². The molecular formula is C22H22O4. The minimum absolute atomic E-state index is 0.0258. The number of benzene rings is 3. The highest BCUT2D eigenvalue weighted by Gasteiger charge is 2.10. The summed E-state index contributed by atoms with van der Waals surface area (Å²) in [6.45, 7) is 0. The van der Waals surface area contributed by atoms with Gasteiger partial charge in [-0.3, -0.25) is 0 Å². The first-order valence-corrected chi connectivity index (χ1v) is 8.61. The predicted octanol–water partition coefficient (Wildman–Crippen LogP) is 4.08. The summed E-state index contributed by atoms with van der Waals surface area (Å²) in [6, 6.07) is 17.8. The summed E-state index contributed by atoms with van der Waals surface area (Å²) >= 11 is 0. The quantitative estimate of drug-likeness (QED) is 0.505. The van der Waals surface area contributed by atoms with E-state index in [-0.39, 0.29) is 23.0 Å². The number of hydrogen-bond acceptors (Lipinski definition) is 4. The lowest BCUT2D eigenvalue weighted by Crippen LogP contribution is -2.00. The van der Waals surface area contributed by atoms with Gasteiger partial charge in [0.2, 0.25) is 0 Å². The summed E-state index contributed by atoms with van der Waals surface area (Å²) in [6.07, 6.45) is 2.81. The van der Waals surface area contributed by atoms with Crippen LogP contribution in [0.3, 0.4) is 0 Å². The lowest BCUT2D eigenvalue weighted by molar-refractivity contribution is 0.402. The monoisotopic (exact) mass is 350 g/mol. The fraction of sp³-hybridized carbons (Fsp3) is 0.182. The molecule has 0 unspecified atom stereocenters. The molecule has 26 heavy (non-hydrogen) atoms. The maximum atomic E-state index is 9.87. The summed E-state index contributed by atoms with van der Waals surface area (Å²) in [4.78, 5) is 0. The first-order valence-electron chi connectivity index (χ1n) is 8.61. The van der Waals surface area contributed by atoms with Gasteiger partial charge in [0.25, 0.3) is 0 Å². The van der Waals surface area contributed by atoms with Gasteiger partial charge in [0.15, 0.2) is 11.5 Å². The molecular weight excluding hydrogens is 328 g/mol. The molecule has 0 aliphatic carbocycles. The minimum atomic E-state index is -0.137. The van der Waals surface area contributed by atoms with Crippen molar-refractivity contribution in [2.45, 2.75) is 25.7 Å². The summed E-state index contributed by atoms with van der Waals surface area (Å²) in [5, 5.41) is 38.9. The molecule has 0 aliphatic heterocycles. The first-order chi connectivity index (χ1) is 12.5. The number of rotatable bonds is 6. The molecule has 3 aromatic rings. The van der Waals surface area contributed by atoms with Gasteiger partial charge in [-0.1, -0.05) is 30.3 Å². The highest BCUT2D eigenvalue weighted by Crippen LogP contribution is 2.30. The van der Waals surface area contributed by atoms with Gasteiger partial charge in [0.05, 0.1) is 0 Å². The van der Waals surface area contributed by atoms with E-state index in [4.69, 9.17) is 0 Å². The summed E-state index contributed by atoms with van der Waals surface area (Å²) in [5.74, 6) is -0.204. The Balaban J connectivity index is 1.77. The zero-order valence-electron chi connectivity index (χ0n) is 14.4. The van der Waals surface area contributed by atoms with E-state index in [1.54, 1.807) is 24.3 Å². The zero-order valence-corrected chi connectivity index (χ0v) is 14.4. The van der Waals surface area contributed by atoms with Crippen molar-refractivity contribution in [1.29, 1.82) is 0 Å². The molecule has 0 amide bonds. The lowest BCUT2D eigenvalue weighted by atomic mass is 9.95. The maximum Gasteiger partial charge on any atom is 0.157 e. The van der Waals surface area contributed by atoms with Crippen molar-refractivity contribution in [2.75, 3.05) is 0 Å². The first kappa shape index (κ1) is 17.7. The van der Waals surface area contributed by atoms with Crippen molar-refractivity contribution >= 4 is 0 Å². The van der Waals surface area contributed by atoms with Crippen LogP contribution in [0.2, 0.25) is 0 Å². The summed E-state index contributed by atoms with van der Waals surface area (Å²) in [7, 11) is 0. The Morgan fingerprint density at radius 1 is 0.500 bits per heavy atom. The Morgan fingerprint density at radius 2 is 1.00 bits per heavy atom. The van der Waals surface area contributed by atoms with Crippen LogP contribution in [0.15, 0.2) is 60.7 Å². The summed E-state index contributed by atoms with van der Waals surface area (Å²) < 4.78 is 0. The molecule has 0 spiro atoms. The second kappa shape index (κ2) is 7.83. The Labute approximate surface area is 152 Å². The van der Waals surface area contributed by atoms with E-state index >= 15 is 0 Å². The molecule has 0 heterocycles. The van der Waals surface area contributed by atoms with E-state index in [0.717, 1.165) is 29.5 Å². The van der Waals surface area contributed by atoms with Gasteiger partial charge in [-0.25, -0.2) is 0 Å². The standard InChI is InChI=1S/C22H22O4/c23-19-10-16(11-20(24)14-19)7-9-18-13-22(26)21(25)12-17(18)8-6-15-4-2-1-3-5-15/h1-5,10-14,23-26H,6-9H2. The molecule has 3 aromatic carbocycles. The van der Waals surface area contributed by atoms with Crippen LogP contribution >= 0.6 is 0 Å². The van der Waals surface area contributed by atoms with Crippen LogP contribution in [0.4, 0.5) is 0 Å². The lowest BCUT2D eigenvalue weighted by Gasteiger charge is -2.12. The predicted molar refractivity (Wildman–Crippen MR) is 101 cm³/mol. The Hall–Kier alpha value is -3.14. The minimum Gasteiger partial charge on any atom is -0.508 e. The van der Waals surface area contributed by atoms with Crippen LogP contribution in [0.5, 0.6) is 23.0 Å². The average molecular weight is 350 g/mol. The molecule has 0 fully saturated rings. The Bertz CT molecular complexity index is 868. The SMILES string of the molecule is Oc1cc(O)cc(CCc2cc(O)c(O)cc2CCc2ccccc2)c1. The maximum absolute atomic E-state index is 9.87. The molecule has 134 valence electrons. The van der Waals surface area contributed by atoms with Crippen molar-refractivity contribution in [2.24, 2.45) is 0 Å². The molecule has 4 heteroatoms. The molecule has 4 nitrogen and oxygen atoms in total. The van der Waals surface area contributed by atoms with Crippen molar-refractivity contribution in [1.82, 2.24) is 0 Å². The fourth-order valence-corrected chi connectivity index (χ4v) is 3.13. The zero-order chi connectivity index (χ0) is 18.5. The summed E-state index contributed by atoms with van der Waals surface area (Å²) in [5.41, 5.74) is 3.94. The van der Waals surface area contributed by atoms with Crippen LogP contribution in [-0.2, 0) is 25.7 Å².